The second-order valence-electron chi connectivity index (χ2n) is 5.94. The van der Waals surface area contributed by atoms with E-state index in [1.807, 2.05) is 12.1 Å². The summed E-state index contributed by atoms with van der Waals surface area (Å²) < 4.78 is 0. The Hall–Kier alpha value is -1.02. The summed E-state index contributed by atoms with van der Waals surface area (Å²) in [5.74, 6) is 0.722. The van der Waals surface area contributed by atoms with Crippen molar-refractivity contribution in [2.24, 2.45) is 0 Å². The van der Waals surface area contributed by atoms with Gasteiger partial charge in [-0.05, 0) is 55.8 Å². The second kappa shape index (κ2) is 5.31. The molecule has 1 unspecified atom stereocenters. The van der Waals surface area contributed by atoms with Gasteiger partial charge in [-0.25, -0.2) is 0 Å². The Kier molecular flexibility index (Phi) is 3.55. The molecule has 2 fully saturated rings. The van der Waals surface area contributed by atoms with E-state index < -0.39 is 0 Å². The van der Waals surface area contributed by atoms with Crippen molar-refractivity contribution in [3.05, 3.63) is 29.8 Å². The first kappa shape index (κ1) is 12.0. The highest BCUT2D eigenvalue weighted by Gasteiger charge is 2.28. The van der Waals surface area contributed by atoms with Gasteiger partial charge in [-0.1, -0.05) is 25.0 Å². The fraction of sp³-hybridized carbons (Fsp3) is 0.625. The van der Waals surface area contributed by atoms with E-state index >= 15 is 0 Å². The summed E-state index contributed by atoms with van der Waals surface area (Å²) in [6, 6.07) is 9.41. The SMILES string of the molecule is Nc1ccc(C2CCCN(C3CCCC3)C2)cc1. The Bertz CT molecular complexity index is 379. The predicted octanol–water partition coefficient (Wildman–Crippen LogP) is 3.39. The number of piperidine rings is 1. The normalized spacial score (nSPS) is 26.6. The Labute approximate surface area is 110 Å². The van der Waals surface area contributed by atoms with Crippen molar-refractivity contribution >= 4 is 5.69 Å². The fourth-order valence-corrected chi connectivity index (χ4v) is 3.65. The van der Waals surface area contributed by atoms with Crippen LogP contribution in [0.5, 0.6) is 0 Å². The first-order valence-electron chi connectivity index (χ1n) is 7.42. The lowest BCUT2D eigenvalue weighted by atomic mass is 9.89. The lowest BCUT2D eigenvalue weighted by Gasteiger charge is -2.37. The number of nitrogens with zero attached hydrogens (tertiary/aromatic N) is 1. The zero-order valence-electron chi connectivity index (χ0n) is 11.1. The number of anilines is 1. The van der Waals surface area contributed by atoms with Crippen LogP contribution < -0.4 is 5.73 Å². The Morgan fingerprint density at radius 3 is 2.39 bits per heavy atom. The van der Waals surface area contributed by atoms with Crippen LogP contribution in [0.15, 0.2) is 24.3 Å². The van der Waals surface area contributed by atoms with E-state index in [1.165, 1.54) is 57.2 Å². The Morgan fingerprint density at radius 1 is 0.944 bits per heavy atom. The molecule has 1 saturated heterocycles. The number of nitrogen functional groups attached to an aromatic ring is 1. The molecule has 1 aliphatic heterocycles. The Balaban J connectivity index is 1.67. The average molecular weight is 244 g/mol. The molecule has 2 N–H and O–H groups in total. The summed E-state index contributed by atoms with van der Waals surface area (Å²) in [6.07, 6.45) is 8.42. The van der Waals surface area contributed by atoms with Crippen molar-refractivity contribution < 1.29 is 0 Å². The van der Waals surface area contributed by atoms with Crippen LogP contribution in [0.1, 0.15) is 50.0 Å². The van der Waals surface area contributed by atoms with Crippen LogP contribution in [0.25, 0.3) is 0 Å². The molecule has 1 atom stereocenters. The topological polar surface area (TPSA) is 29.3 Å². The zero-order valence-corrected chi connectivity index (χ0v) is 11.1. The third-order valence-corrected chi connectivity index (χ3v) is 4.70. The molecule has 1 saturated carbocycles. The summed E-state index contributed by atoms with van der Waals surface area (Å²) >= 11 is 0. The standard InChI is InChI=1S/C16H24N2/c17-15-9-7-13(8-10-15)14-4-3-11-18(12-14)16-5-1-2-6-16/h7-10,14,16H,1-6,11-12,17H2. The lowest BCUT2D eigenvalue weighted by Crippen LogP contribution is -2.40. The molecule has 1 aromatic carbocycles. The van der Waals surface area contributed by atoms with Crippen LogP contribution in [0.4, 0.5) is 5.69 Å². The minimum absolute atomic E-state index is 0.722. The monoisotopic (exact) mass is 244 g/mol. The molecular weight excluding hydrogens is 220 g/mol. The van der Waals surface area contributed by atoms with Gasteiger partial charge in [0.25, 0.3) is 0 Å². The Morgan fingerprint density at radius 2 is 1.67 bits per heavy atom. The maximum Gasteiger partial charge on any atom is 0.0314 e. The molecule has 18 heavy (non-hydrogen) atoms. The van der Waals surface area contributed by atoms with Gasteiger partial charge in [-0.15, -0.1) is 0 Å². The van der Waals surface area contributed by atoms with Crippen molar-refractivity contribution in [2.75, 3.05) is 18.8 Å². The molecule has 3 rings (SSSR count). The van der Waals surface area contributed by atoms with Gasteiger partial charge in [0.15, 0.2) is 0 Å². The maximum atomic E-state index is 5.77. The smallest absolute Gasteiger partial charge is 0.0314 e. The van der Waals surface area contributed by atoms with E-state index in [0.717, 1.165) is 17.6 Å². The van der Waals surface area contributed by atoms with E-state index in [-0.39, 0.29) is 0 Å². The molecular formula is C16H24N2. The van der Waals surface area contributed by atoms with Gasteiger partial charge >= 0.3 is 0 Å². The second-order valence-corrected chi connectivity index (χ2v) is 5.94. The van der Waals surface area contributed by atoms with Crippen molar-refractivity contribution in [1.29, 1.82) is 0 Å². The summed E-state index contributed by atoms with van der Waals surface area (Å²) in [6.45, 7) is 2.57. The minimum atomic E-state index is 0.722. The van der Waals surface area contributed by atoms with E-state index in [4.69, 9.17) is 5.73 Å². The number of likely N-dealkylation sites (tertiary alicyclic amines) is 1. The highest BCUT2D eigenvalue weighted by atomic mass is 15.2. The van der Waals surface area contributed by atoms with Crippen molar-refractivity contribution in [3.63, 3.8) is 0 Å². The predicted molar refractivity (Wildman–Crippen MR) is 76.7 cm³/mol. The fourth-order valence-electron chi connectivity index (χ4n) is 3.65. The highest BCUT2D eigenvalue weighted by molar-refractivity contribution is 5.40. The number of benzene rings is 1. The molecule has 98 valence electrons. The first-order chi connectivity index (χ1) is 8.83. The molecule has 0 amide bonds. The van der Waals surface area contributed by atoms with Crippen molar-refractivity contribution in [2.45, 2.75) is 50.5 Å². The molecule has 2 heteroatoms. The number of hydrogen-bond donors (Lipinski definition) is 1. The van der Waals surface area contributed by atoms with Gasteiger partial charge in [0.1, 0.15) is 0 Å². The van der Waals surface area contributed by atoms with E-state index in [2.05, 4.69) is 17.0 Å². The van der Waals surface area contributed by atoms with Gasteiger partial charge in [-0.3, -0.25) is 4.90 Å². The van der Waals surface area contributed by atoms with Crippen LogP contribution in [-0.4, -0.2) is 24.0 Å². The summed E-state index contributed by atoms with van der Waals surface area (Å²) in [4.78, 5) is 2.75. The summed E-state index contributed by atoms with van der Waals surface area (Å²) in [5, 5.41) is 0. The number of hydrogen-bond acceptors (Lipinski definition) is 2. The van der Waals surface area contributed by atoms with Gasteiger partial charge in [0.2, 0.25) is 0 Å². The van der Waals surface area contributed by atoms with Crippen LogP contribution in [0, 0.1) is 0 Å². The van der Waals surface area contributed by atoms with E-state index in [1.54, 1.807) is 0 Å². The van der Waals surface area contributed by atoms with Crippen LogP contribution >= 0.6 is 0 Å². The van der Waals surface area contributed by atoms with Crippen LogP contribution in [0.3, 0.4) is 0 Å². The first-order valence-corrected chi connectivity index (χ1v) is 7.42. The van der Waals surface area contributed by atoms with E-state index in [9.17, 15) is 0 Å². The molecule has 1 aliphatic carbocycles. The highest BCUT2D eigenvalue weighted by Crippen LogP contribution is 2.32. The molecule has 0 spiro atoms. The number of nitrogens with two attached hydrogens (primary N) is 1. The zero-order chi connectivity index (χ0) is 12.4. The molecule has 0 bridgehead atoms. The van der Waals surface area contributed by atoms with Crippen LogP contribution in [0.2, 0.25) is 0 Å². The minimum Gasteiger partial charge on any atom is -0.399 e. The third-order valence-electron chi connectivity index (χ3n) is 4.70. The summed E-state index contributed by atoms with van der Waals surface area (Å²) in [7, 11) is 0. The largest absolute Gasteiger partial charge is 0.399 e. The lowest BCUT2D eigenvalue weighted by molar-refractivity contribution is 0.150. The van der Waals surface area contributed by atoms with Gasteiger partial charge in [-0.2, -0.15) is 0 Å². The summed E-state index contributed by atoms with van der Waals surface area (Å²) in [5.41, 5.74) is 8.13. The van der Waals surface area contributed by atoms with Gasteiger partial charge < -0.3 is 5.73 Å². The average Bonchev–Trinajstić information content (AvgIpc) is 2.94. The molecule has 0 aromatic heterocycles. The molecule has 1 aromatic rings. The third kappa shape index (κ3) is 2.54. The molecule has 2 aliphatic rings. The number of rotatable bonds is 2. The van der Waals surface area contributed by atoms with Crippen molar-refractivity contribution in [1.82, 2.24) is 4.90 Å². The van der Waals surface area contributed by atoms with Crippen molar-refractivity contribution in [3.8, 4) is 0 Å². The molecule has 1 heterocycles. The van der Waals surface area contributed by atoms with Gasteiger partial charge in [0, 0.05) is 18.3 Å². The molecule has 2 nitrogen and oxygen atoms in total. The maximum absolute atomic E-state index is 5.77. The van der Waals surface area contributed by atoms with Crippen LogP contribution in [-0.2, 0) is 0 Å². The quantitative estimate of drug-likeness (QED) is 0.808. The molecule has 0 radical (unpaired) electrons. The van der Waals surface area contributed by atoms with Gasteiger partial charge in [0.05, 0.1) is 0 Å². The van der Waals surface area contributed by atoms with E-state index in [0.29, 0.717) is 0 Å².